The van der Waals surface area contributed by atoms with E-state index in [9.17, 15) is 0 Å². The molecule has 0 saturated carbocycles. The van der Waals surface area contributed by atoms with Crippen LogP contribution >= 0.6 is 0 Å². The summed E-state index contributed by atoms with van der Waals surface area (Å²) in [6, 6.07) is 2.36. The van der Waals surface area contributed by atoms with Crippen molar-refractivity contribution >= 4 is 0 Å². The number of rotatable bonds is 8. The van der Waals surface area contributed by atoms with E-state index in [1.165, 1.54) is 0 Å². The standard InChI is InChI=1S/C14H28N2O/c1-6-14(12-15,16-5)8-7-10-17-11-9-13(2,3)4/h16H,6-11H2,1-5H3. The second kappa shape index (κ2) is 7.68. The molecule has 0 heterocycles. The summed E-state index contributed by atoms with van der Waals surface area (Å²) >= 11 is 0. The Morgan fingerprint density at radius 1 is 1.18 bits per heavy atom. The smallest absolute Gasteiger partial charge is 0.106 e. The van der Waals surface area contributed by atoms with Gasteiger partial charge in [0.1, 0.15) is 5.54 Å². The number of hydrogen-bond donors (Lipinski definition) is 1. The van der Waals surface area contributed by atoms with Gasteiger partial charge in [-0.1, -0.05) is 27.7 Å². The van der Waals surface area contributed by atoms with Crippen molar-refractivity contribution in [1.82, 2.24) is 5.32 Å². The zero-order chi connectivity index (χ0) is 13.4. The van der Waals surface area contributed by atoms with Crippen LogP contribution in [-0.4, -0.2) is 25.8 Å². The first kappa shape index (κ1) is 16.4. The van der Waals surface area contributed by atoms with Crippen LogP contribution in [0.5, 0.6) is 0 Å². The molecule has 0 aliphatic heterocycles. The quantitative estimate of drug-likeness (QED) is 0.663. The molecule has 0 bridgehead atoms. The topological polar surface area (TPSA) is 45.0 Å². The zero-order valence-electron chi connectivity index (χ0n) is 12.1. The van der Waals surface area contributed by atoms with Gasteiger partial charge in [-0.3, -0.25) is 0 Å². The Balaban J connectivity index is 3.68. The third-order valence-electron chi connectivity index (χ3n) is 3.18. The average Bonchev–Trinajstić information content (AvgIpc) is 2.28. The van der Waals surface area contributed by atoms with Gasteiger partial charge in [-0.25, -0.2) is 0 Å². The van der Waals surface area contributed by atoms with Crippen molar-refractivity contribution in [3.63, 3.8) is 0 Å². The van der Waals surface area contributed by atoms with Gasteiger partial charge >= 0.3 is 0 Å². The van der Waals surface area contributed by atoms with Gasteiger partial charge in [0, 0.05) is 13.2 Å². The Kier molecular flexibility index (Phi) is 7.41. The van der Waals surface area contributed by atoms with E-state index < -0.39 is 0 Å². The first-order chi connectivity index (χ1) is 7.89. The lowest BCUT2D eigenvalue weighted by molar-refractivity contribution is 0.102. The maximum Gasteiger partial charge on any atom is 0.106 e. The lowest BCUT2D eigenvalue weighted by Gasteiger charge is -2.24. The molecule has 0 aliphatic carbocycles. The van der Waals surface area contributed by atoms with Crippen LogP contribution < -0.4 is 5.32 Å². The van der Waals surface area contributed by atoms with Crippen LogP contribution in [0.2, 0.25) is 0 Å². The maximum absolute atomic E-state index is 9.13. The summed E-state index contributed by atoms with van der Waals surface area (Å²) in [5, 5.41) is 12.2. The molecule has 1 N–H and O–H groups in total. The zero-order valence-corrected chi connectivity index (χ0v) is 12.1. The summed E-state index contributed by atoms with van der Waals surface area (Å²) < 4.78 is 5.60. The van der Waals surface area contributed by atoms with E-state index in [-0.39, 0.29) is 5.54 Å². The van der Waals surface area contributed by atoms with E-state index >= 15 is 0 Å². The molecule has 100 valence electrons. The van der Waals surface area contributed by atoms with Gasteiger partial charge in [0.25, 0.3) is 0 Å². The largest absolute Gasteiger partial charge is 0.381 e. The normalized spacial score (nSPS) is 15.3. The van der Waals surface area contributed by atoms with Crippen LogP contribution in [-0.2, 0) is 4.74 Å². The molecule has 1 unspecified atom stereocenters. The molecule has 0 amide bonds. The predicted octanol–water partition coefficient (Wildman–Crippen LogP) is 3.11. The molecular weight excluding hydrogens is 212 g/mol. The van der Waals surface area contributed by atoms with E-state index in [0.29, 0.717) is 5.41 Å². The lowest BCUT2D eigenvalue weighted by Crippen LogP contribution is -2.40. The minimum absolute atomic E-state index is 0.338. The van der Waals surface area contributed by atoms with Crippen LogP contribution in [0.4, 0.5) is 0 Å². The van der Waals surface area contributed by atoms with Crippen LogP contribution in [0.1, 0.15) is 53.4 Å². The number of nitrogens with zero attached hydrogens (tertiary/aromatic N) is 1. The van der Waals surface area contributed by atoms with Crippen molar-refractivity contribution in [1.29, 1.82) is 5.26 Å². The Morgan fingerprint density at radius 3 is 2.24 bits per heavy atom. The molecular formula is C14H28N2O. The summed E-state index contributed by atoms with van der Waals surface area (Å²) in [6.45, 7) is 10.3. The number of ether oxygens (including phenoxy) is 1. The lowest BCUT2D eigenvalue weighted by atomic mass is 9.92. The fraction of sp³-hybridized carbons (Fsp3) is 0.929. The second-order valence-corrected chi connectivity index (χ2v) is 5.82. The Morgan fingerprint density at radius 2 is 1.82 bits per heavy atom. The van der Waals surface area contributed by atoms with E-state index in [1.807, 2.05) is 14.0 Å². The highest BCUT2D eigenvalue weighted by Gasteiger charge is 2.24. The highest BCUT2D eigenvalue weighted by Crippen LogP contribution is 2.19. The molecule has 3 nitrogen and oxygen atoms in total. The minimum atomic E-state index is -0.368. The molecule has 17 heavy (non-hydrogen) atoms. The second-order valence-electron chi connectivity index (χ2n) is 5.82. The van der Waals surface area contributed by atoms with E-state index in [4.69, 9.17) is 10.00 Å². The van der Waals surface area contributed by atoms with E-state index in [1.54, 1.807) is 0 Å². The van der Waals surface area contributed by atoms with E-state index in [2.05, 4.69) is 32.2 Å². The maximum atomic E-state index is 9.13. The molecule has 0 saturated heterocycles. The van der Waals surface area contributed by atoms with Gasteiger partial charge in [-0.05, 0) is 38.1 Å². The SMILES string of the molecule is CCC(C#N)(CCCOCCC(C)(C)C)NC. The number of hydrogen-bond acceptors (Lipinski definition) is 3. The van der Waals surface area contributed by atoms with Crippen molar-refractivity contribution < 1.29 is 4.74 Å². The monoisotopic (exact) mass is 240 g/mol. The molecule has 1 atom stereocenters. The summed E-state index contributed by atoms with van der Waals surface area (Å²) in [5.74, 6) is 0. The van der Waals surface area contributed by atoms with Crippen molar-refractivity contribution in [2.45, 2.75) is 58.9 Å². The summed E-state index contributed by atoms with van der Waals surface area (Å²) in [6.07, 6.45) is 3.70. The molecule has 3 heteroatoms. The summed E-state index contributed by atoms with van der Waals surface area (Å²) in [5.41, 5.74) is -0.0296. The van der Waals surface area contributed by atoms with Crippen LogP contribution in [0.25, 0.3) is 0 Å². The Hall–Kier alpha value is -0.590. The van der Waals surface area contributed by atoms with Gasteiger partial charge in [-0.2, -0.15) is 5.26 Å². The molecule has 0 aromatic rings. The van der Waals surface area contributed by atoms with Gasteiger partial charge in [0.05, 0.1) is 6.07 Å². The van der Waals surface area contributed by atoms with Crippen molar-refractivity contribution in [2.75, 3.05) is 20.3 Å². The first-order valence-electron chi connectivity index (χ1n) is 6.57. The van der Waals surface area contributed by atoms with Crippen molar-refractivity contribution in [3.05, 3.63) is 0 Å². The average molecular weight is 240 g/mol. The molecule has 0 aliphatic rings. The molecule has 0 aromatic carbocycles. The van der Waals surface area contributed by atoms with Crippen LogP contribution in [0.3, 0.4) is 0 Å². The molecule has 0 aromatic heterocycles. The predicted molar refractivity (Wildman–Crippen MR) is 71.8 cm³/mol. The molecule has 0 radical (unpaired) electrons. The van der Waals surface area contributed by atoms with Crippen LogP contribution in [0.15, 0.2) is 0 Å². The molecule has 0 rings (SSSR count). The summed E-state index contributed by atoms with van der Waals surface area (Å²) in [7, 11) is 1.85. The van der Waals surface area contributed by atoms with Gasteiger partial charge in [0.15, 0.2) is 0 Å². The number of nitrogens with one attached hydrogen (secondary N) is 1. The van der Waals surface area contributed by atoms with Gasteiger partial charge in [-0.15, -0.1) is 0 Å². The third-order valence-corrected chi connectivity index (χ3v) is 3.18. The Labute approximate surface area is 107 Å². The molecule has 0 fully saturated rings. The van der Waals surface area contributed by atoms with Crippen molar-refractivity contribution in [2.24, 2.45) is 5.41 Å². The fourth-order valence-corrected chi connectivity index (χ4v) is 1.63. The number of nitriles is 1. The van der Waals surface area contributed by atoms with E-state index in [0.717, 1.165) is 38.9 Å². The van der Waals surface area contributed by atoms with Crippen LogP contribution in [0, 0.1) is 16.7 Å². The fourth-order valence-electron chi connectivity index (χ4n) is 1.63. The highest BCUT2D eigenvalue weighted by atomic mass is 16.5. The van der Waals surface area contributed by atoms with Gasteiger partial charge in [0.2, 0.25) is 0 Å². The molecule has 0 spiro atoms. The third kappa shape index (κ3) is 7.36. The highest BCUT2D eigenvalue weighted by molar-refractivity contribution is 5.05. The first-order valence-corrected chi connectivity index (χ1v) is 6.57. The van der Waals surface area contributed by atoms with Crippen molar-refractivity contribution in [3.8, 4) is 6.07 Å². The van der Waals surface area contributed by atoms with Gasteiger partial charge < -0.3 is 10.1 Å². The summed E-state index contributed by atoms with van der Waals surface area (Å²) in [4.78, 5) is 0. The Bertz CT molecular complexity index is 234. The minimum Gasteiger partial charge on any atom is -0.381 e.